The highest BCUT2D eigenvalue weighted by Gasteiger charge is 2.46. The minimum absolute atomic E-state index is 0.0171. The number of phenols is 1. The molecule has 4 aliphatic rings. The van der Waals surface area contributed by atoms with E-state index >= 15 is 4.39 Å². The number of rotatable bonds is 12. The van der Waals surface area contributed by atoms with E-state index in [0.717, 1.165) is 44.8 Å². The van der Waals surface area contributed by atoms with Crippen LogP contribution in [0.3, 0.4) is 0 Å². The number of pyridine rings is 1. The van der Waals surface area contributed by atoms with Crippen molar-refractivity contribution in [1.29, 1.82) is 0 Å². The van der Waals surface area contributed by atoms with Crippen LogP contribution < -0.4 is 25.6 Å². The SMILES string of the molecule is C#Cc1c(F)ccc2cc(O)cc(-c3ncc4c(N5CC6CCC(C5)N6C(=O)CNC(=O)CNC(=O)CNC(=O)C=C)nc(OCC56CCCN5CCC6)nc4c3F)c12. The Bertz CT molecular complexity index is 2420. The molecule has 4 N–H and O–H groups in total. The number of benzene rings is 2. The predicted molar refractivity (Wildman–Crippen MR) is 213 cm³/mol. The Morgan fingerprint density at radius 3 is 2.39 bits per heavy atom. The molecule has 4 aromatic rings. The van der Waals surface area contributed by atoms with Gasteiger partial charge in [-0.15, -0.1) is 6.42 Å². The van der Waals surface area contributed by atoms with E-state index in [1.54, 1.807) is 4.90 Å². The van der Waals surface area contributed by atoms with Crippen molar-refractivity contribution in [1.82, 2.24) is 40.7 Å². The van der Waals surface area contributed by atoms with Crippen molar-refractivity contribution >= 4 is 51.1 Å². The number of phenolic OH excluding ortho intramolecular Hbond substituents is 1. The first-order valence-electron chi connectivity index (χ1n) is 19.6. The molecule has 8 rings (SSSR count). The van der Waals surface area contributed by atoms with Crippen molar-refractivity contribution in [2.24, 2.45) is 0 Å². The van der Waals surface area contributed by atoms with Crippen molar-refractivity contribution in [3.63, 3.8) is 0 Å². The van der Waals surface area contributed by atoms with Gasteiger partial charge in [-0.3, -0.25) is 29.1 Å². The van der Waals surface area contributed by atoms with E-state index in [0.29, 0.717) is 49.1 Å². The number of fused-ring (bicyclic) bond motifs is 5. The van der Waals surface area contributed by atoms with Gasteiger partial charge in [0.2, 0.25) is 23.6 Å². The fourth-order valence-electron chi connectivity index (χ4n) is 9.22. The number of ether oxygens (including phenoxy) is 1. The number of piperazine rings is 1. The number of terminal acetylenes is 1. The third-order valence-electron chi connectivity index (χ3n) is 11.9. The van der Waals surface area contributed by atoms with Gasteiger partial charge in [0.05, 0.1) is 36.1 Å². The number of carbonyl (C=O) groups excluding carboxylic acids is 4. The van der Waals surface area contributed by atoms with Gasteiger partial charge < -0.3 is 35.6 Å². The predicted octanol–water partition coefficient (Wildman–Crippen LogP) is 2.53. The molecular weight excluding hydrogens is 765 g/mol. The summed E-state index contributed by atoms with van der Waals surface area (Å²) in [4.78, 5) is 69.4. The molecule has 2 aromatic carbocycles. The first-order chi connectivity index (χ1) is 28.5. The maximum absolute atomic E-state index is 17.1. The molecule has 306 valence electrons. The van der Waals surface area contributed by atoms with Crippen LogP contribution >= 0.6 is 0 Å². The molecule has 4 amide bonds. The quantitative estimate of drug-likeness (QED) is 0.122. The van der Waals surface area contributed by atoms with Crippen LogP contribution in [0.1, 0.15) is 44.1 Å². The monoisotopic (exact) mass is 807 g/mol. The summed E-state index contributed by atoms with van der Waals surface area (Å²) < 4.78 is 38.5. The van der Waals surface area contributed by atoms with Crippen molar-refractivity contribution in [2.45, 2.75) is 56.1 Å². The molecule has 4 fully saturated rings. The topological polar surface area (TPSA) is 182 Å². The van der Waals surface area contributed by atoms with Crippen LogP contribution in [-0.2, 0) is 19.2 Å². The number of aromatic hydroxyl groups is 1. The molecule has 2 unspecified atom stereocenters. The lowest BCUT2D eigenvalue weighted by Gasteiger charge is -2.42. The molecule has 0 radical (unpaired) electrons. The Hall–Kier alpha value is -6.41. The molecule has 4 saturated heterocycles. The van der Waals surface area contributed by atoms with E-state index < -0.39 is 29.4 Å². The highest BCUT2D eigenvalue weighted by atomic mass is 19.1. The minimum atomic E-state index is -0.832. The average molecular weight is 808 g/mol. The van der Waals surface area contributed by atoms with Gasteiger partial charge >= 0.3 is 6.01 Å². The van der Waals surface area contributed by atoms with E-state index in [9.17, 15) is 28.7 Å². The van der Waals surface area contributed by atoms with Crippen LogP contribution in [0, 0.1) is 24.0 Å². The van der Waals surface area contributed by atoms with Crippen molar-refractivity contribution in [3.05, 3.63) is 60.3 Å². The molecule has 6 heterocycles. The average Bonchev–Trinajstić information content (AvgIpc) is 3.90. The second kappa shape index (κ2) is 16.1. The molecule has 0 aliphatic carbocycles. The van der Waals surface area contributed by atoms with E-state index in [-0.39, 0.29) is 82.6 Å². The second-order valence-corrected chi connectivity index (χ2v) is 15.4. The number of aromatic nitrogens is 3. The van der Waals surface area contributed by atoms with Crippen LogP contribution in [0.5, 0.6) is 11.8 Å². The van der Waals surface area contributed by atoms with Gasteiger partial charge in [-0.2, -0.15) is 9.97 Å². The molecule has 0 saturated carbocycles. The summed E-state index contributed by atoms with van der Waals surface area (Å²) in [5, 5.41) is 18.8. The Morgan fingerprint density at radius 2 is 1.69 bits per heavy atom. The zero-order chi connectivity index (χ0) is 41.4. The molecule has 59 heavy (non-hydrogen) atoms. The van der Waals surface area contributed by atoms with E-state index in [2.05, 4.69) is 43.3 Å². The van der Waals surface area contributed by atoms with Gasteiger partial charge in [-0.1, -0.05) is 18.6 Å². The summed E-state index contributed by atoms with van der Waals surface area (Å²) in [5.74, 6) is -0.914. The van der Waals surface area contributed by atoms with Crippen molar-refractivity contribution in [3.8, 4) is 35.4 Å². The highest BCUT2D eigenvalue weighted by molar-refractivity contribution is 6.03. The summed E-state index contributed by atoms with van der Waals surface area (Å²) in [6.45, 7) is 5.31. The largest absolute Gasteiger partial charge is 0.508 e. The number of nitrogens with zero attached hydrogens (tertiary/aromatic N) is 6. The zero-order valence-corrected chi connectivity index (χ0v) is 32.2. The van der Waals surface area contributed by atoms with E-state index in [1.165, 1.54) is 30.5 Å². The Labute approximate surface area is 338 Å². The molecule has 0 spiro atoms. The van der Waals surface area contributed by atoms with Crippen molar-refractivity contribution in [2.75, 3.05) is 57.3 Å². The van der Waals surface area contributed by atoms with Crippen LogP contribution in [0.15, 0.2) is 43.1 Å². The third kappa shape index (κ3) is 7.55. The molecule has 4 aliphatic heterocycles. The van der Waals surface area contributed by atoms with Crippen LogP contribution in [0.4, 0.5) is 14.6 Å². The number of nitrogens with one attached hydrogen (secondary N) is 3. The second-order valence-electron chi connectivity index (χ2n) is 15.4. The number of halogens is 2. The van der Waals surface area contributed by atoms with Crippen LogP contribution in [-0.4, -0.2) is 124 Å². The number of hydrogen-bond acceptors (Lipinski definition) is 11. The number of anilines is 1. The number of hydrogen-bond donors (Lipinski definition) is 4. The van der Waals surface area contributed by atoms with E-state index in [1.807, 2.05) is 4.90 Å². The van der Waals surface area contributed by atoms with Crippen molar-refractivity contribution < 1.29 is 37.8 Å². The highest BCUT2D eigenvalue weighted by Crippen LogP contribution is 2.42. The standard InChI is InChI=1S/C42H43F2N9O6/c1-3-28-31(43)10-7-24-15-27(54)16-29(36(24)28)38-37(44)39-30(17-48-38)40(50-41(49-39)59-23-42-11-5-13-52(42)14-6-12-42)51-21-25-8-9-26(22-51)53(25)35(58)20-47-34(57)19-46-33(56)18-45-32(55)4-2/h1,4,7,10,15-17,25-26,54H,2,5-6,8-9,11-14,18-23H2,(H,45,55)(H,46,56)(H,47,57). The van der Waals surface area contributed by atoms with Gasteiger partial charge in [0.15, 0.2) is 5.82 Å². The lowest BCUT2D eigenvalue weighted by atomic mass is 9.95. The molecule has 17 heteroatoms. The van der Waals surface area contributed by atoms with E-state index in [4.69, 9.17) is 16.1 Å². The molecule has 2 atom stereocenters. The summed E-state index contributed by atoms with van der Waals surface area (Å²) in [5.41, 5.74) is -0.419. The van der Waals surface area contributed by atoms with Crippen LogP contribution in [0.2, 0.25) is 0 Å². The molecule has 15 nitrogen and oxygen atoms in total. The first kappa shape index (κ1) is 39.4. The maximum atomic E-state index is 17.1. The van der Waals surface area contributed by atoms with Gasteiger partial charge in [0.25, 0.3) is 0 Å². The lowest BCUT2D eigenvalue weighted by molar-refractivity contribution is -0.135. The van der Waals surface area contributed by atoms with Gasteiger partial charge in [-0.25, -0.2) is 8.78 Å². The number of amides is 4. The summed E-state index contributed by atoms with van der Waals surface area (Å²) in [6.07, 6.45) is 13.6. The summed E-state index contributed by atoms with van der Waals surface area (Å²) in [7, 11) is 0. The first-order valence-corrected chi connectivity index (χ1v) is 19.6. The Morgan fingerprint density at radius 1 is 1.00 bits per heavy atom. The normalized spacial score (nSPS) is 19.3. The zero-order valence-electron chi connectivity index (χ0n) is 32.2. The van der Waals surface area contributed by atoms with Gasteiger partial charge in [0.1, 0.15) is 35.2 Å². The maximum Gasteiger partial charge on any atom is 0.319 e. The summed E-state index contributed by atoms with van der Waals surface area (Å²) in [6, 6.07) is 4.84. The lowest BCUT2D eigenvalue weighted by Crippen LogP contribution is -2.58. The fourth-order valence-corrected chi connectivity index (χ4v) is 9.22. The Kier molecular flexibility index (Phi) is 10.7. The minimum Gasteiger partial charge on any atom is -0.508 e. The molecule has 2 bridgehead atoms. The van der Waals surface area contributed by atoms with Gasteiger partial charge in [0, 0.05) is 42.3 Å². The smallest absolute Gasteiger partial charge is 0.319 e. The van der Waals surface area contributed by atoms with Crippen LogP contribution in [0.25, 0.3) is 32.9 Å². The number of carbonyl (C=O) groups is 4. The molecule has 2 aromatic heterocycles. The Balaban J connectivity index is 1.07. The molecular formula is C42H43F2N9O6. The van der Waals surface area contributed by atoms with Gasteiger partial charge in [-0.05, 0) is 81.3 Å². The fraction of sp³-hybridized carbons (Fsp3) is 0.405. The third-order valence-corrected chi connectivity index (χ3v) is 11.9. The summed E-state index contributed by atoms with van der Waals surface area (Å²) >= 11 is 0.